The largest absolute Gasteiger partial charge is 0.481 e. The number of carboxylic acid groups (broad SMARTS) is 1. The first-order valence-corrected chi connectivity index (χ1v) is 9.46. The van der Waals surface area contributed by atoms with E-state index in [2.05, 4.69) is 22.8 Å². The van der Waals surface area contributed by atoms with Crippen LogP contribution < -0.4 is 10.6 Å². The topological polar surface area (TPSA) is 78.4 Å². The molecule has 1 aliphatic heterocycles. The fourth-order valence-corrected chi connectivity index (χ4v) is 3.53. The number of carbonyl (C=O) groups is 2. The normalized spacial score (nSPS) is 14.2. The van der Waals surface area contributed by atoms with Crippen LogP contribution in [-0.2, 0) is 11.2 Å². The molecule has 2 aromatic rings. The number of hydrogen-bond donors (Lipinski definition) is 3. The molecular weight excluding hydrogens is 376 g/mol. The third kappa shape index (κ3) is 5.81. The summed E-state index contributed by atoms with van der Waals surface area (Å²) in [5.74, 6) is -0.366. The van der Waals surface area contributed by atoms with Crippen LogP contribution in [0.25, 0.3) is 0 Å². The van der Waals surface area contributed by atoms with Gasteiger partial charge in [0.05, 0.1) is 0 Å². The van der Waals surface area contributed by atoms with Gasteiger partial charge in [0.1, 0.15) is 0 Å². The van der Waals surface area contributed by atoms with Crippen molar-refractivity contribution in [3.63, 3.8) is 0 Å². The van der Waals surface area contributed by atoms with Crippen LogP contribution in [0, 0.1) is 6.92 Å². The molecule has 0 unspecified atom stereocenters. The summed E-state index contributed by atoms with van der Waals surface area (Å²) >= 11 is 0. The lowest BCUT2D eigenvalue weighted by Gasteiger charge is -2.23. The first kappa shape index (κ1) is 21.9. The summed E-state index contributed by atoms with van der Waals surface area (Å²) in [5, 5.41) is 15.1. The molecule has 1 heterocycles. The Bertz CT molecular complexity index is 815. The van der Waals surface area contributed by atoms with Gasteiger partial charge in [-0.2, -0.15) is 0 Å². The summed E-state index contributed by atoms with van der Waals surface area (Å²) in [5.41, 5.74) is 4.58. The second-order valence-electron chi connectivity index (χ2n) is 7.14. The monoisotopic (exact) mass is 402 g/mol. The molecule has 0 saturated carbocycles. The maximum absolute atomic E-state index is 12.6. The van der Waals surface area contributed by atoms with Crippen LogP contribution in [0.5, 0.6) is 0 Å². The average molecular weight is 403 g/mol. The van der Waals surface area contributed by atoms with Crippen LogP contribution in [0.4, 0.5) is 5.69 Å². The molecule has 2 aromatic carbocycles. The quantitative estimate of drug-likeness (QED) is 0.678. The summed E-state index contributed by atoms with van der Waals surface area (Å²) in [6, 6.07) is 13.5. The summed E-state index contributed by atoms with van der Waals surface area (Å²) in [6.07, 6.45) is 2.87. The van der Waals surface area contributed by atoms with Crippen molar-refractivity contribution in [2.24, 2.45) is 0 Å². The lowest BCUT2D eigenvalue weighted by atomic mass is 9.90. The van der Waals surface area contributed by atoms with E-state index in [9.17, 15) is 9.59 Å². The number of anilines is 1. The zero-order valence-electron chi connectivity index (χ0n) is 16.0. The predicted octanol–water partition coefficient (Wildman–Crippen LogP) is 4.15. The molecule has 0 aliphatic carbocycles. The van der Waals surface area contributed by atoms with Crippen molar-refractivity contribution in [2.75, 3.05) is 18.4 Å². The zero-order chi connectivity index (χ0) is 19.2. The molecule has 1 fully saturated rings. The summed E-state index contributed by atoms with van der Waals surface area (Å²) in [7, 11) is 0. The molecule has 1 amide bonds. The lowest BCUT2D eigenvalue weighted by Crippen LogP contribution is -2.26. The maximum atomic E-state index is 12.6. The maximum Gasteiger partial charge on any atom is 0.303 e. The molecule has 0 bridgehead atoms. The minimum Gasteiger partial charge on any atom is -0.481 e. The number of nitrogens with one attached hydrogen (secondary N) is 2. The van der Waals surface area contributed by atoms with Gasteiger partial charge in [-0.05, 0) is 80.1 Å². The molecule has 150 valence electrons. The van der Waals surface area contributed by atoms with Crippen LogP contribution in [-0.4, -0.2) is 30.1 Å². The highest BCUT2D eigenvalue weighted by Gasteiger charge is 2.16. The SMILES string of the molecule is Cc1cc(CCC(=O)O)ccc1NC(=O)c1ccc(C2CCNCC2)cc1.Cl. The number of rotatable bonds is 6. The van der Waals surface area contributed by atoms with E-state index in [4.69, 9.17) is 5.11 Å². The summed E-state index contributed by atoms with van der Waals surface area (Å²) in [4.78, 5) is 23.2. The van der Waals surface area contributed by atoms with E-state index in [0.29, 0.717) is 17.9 Å². The number of amides is 1. The van der Waals surface area contributed by atoms with Crippen LogP contribution in [0.2, 0.25) is 0 Å². The van der Waals surface area contributed by atoms with Crippen molar-refractivity contribution in [1.29, 1.82) is 0 Å². The van der Waals surface area contributed by atoms with Crippen molar-refractivity contribution in [2.45, 2.75) is 38.5 Å². The number of carboxylic acids is 1. The molecule has 0 atom stereocenters. The fraction of sp³-hybridized carbons (Fsp3) is 0.364. The van der Waals surface area contributed by atoms with E-state index in [-0.39, 0.29) is 24.7 Å². The molecule has 1 saturated heterocycles. The third-order valence-corrected chi connectivity index (χ3v) is 5.15. The van der Waals surface area contributed by atoms with Gasteiger partial charge in [0.25, 0.3) is 5.91 Å². The van der Waals surface area contributed by atoms with E-state index in [1.807, 2.05) is 37.3 Å². The Balaban J connectivity index is 0.00000280. The minimum atomic E-state index is -0.807. The Labute approximate surface area is 172 Å². The van der Waals surface area contributed by atoms with Crippen LogP contribution >= 0.6 is 12.4 Å². The van der Waals surface area contributed by atoms with Gasteiger partial charge in [-0.25, -0.2) is 0 Å². The number of carbonyl (C=O) groups excluding carboxylic acids is 1. The molecular formula is C22H27ClN2O3. The average Bonchev–Trinajstić information content (AvgIpc) is 2.69. The molecule has 28 heavy (non-hydrogen) atoms. The van der Waals surface area contributed by atoms with Crippen LogP contribution in [0.15, 0.2) is 42.5 Å². The smallest absolute Gasteiger partial charge is 0.303 e. The third-order valence-electron chi connectivity index (χ3n) is 5.15. The molecule has 0 aromatic heterocycles. The number of hydrogen-bond acceptors (Lipinski definition) is 3. The van der Waals surface area contributed by atoms with Gasteiger partial charge in [-0.15, -0.1) is 12.4 Å². The highest BCUT2D eigenvalue weighted by Crippen LogP contribution is 2.25. The Morgan fingerprint density at radius 2 is 1.79 bits per heavy atom. The van der Waals surface area contributed by atoms with Gasteiger partial charge in [0, 0.05) is 17.7 Å². The second kappa shape index (κ2) is 10.2. The van der Waals surface area contributed by atoms with Gasteiger partial charge in [-0.3, -0.25) is 9.59 Å². The van der Waals surface area contributed by atoms with Crippen molar-refractivity contribution in [3.8, 4) is 0 Å². The molecule has 5 nitrogen and oxygen atoms in total. The number of halogens is 1. The highest BCUT2D eigenvalue weighted by molar-refractivity contribution is 6.04. The van der Waals surface area contributed by atoms with Gasteiger partial charge >= 0.3 is 5.97 Å². The second-order valence-corrected chi connectivity index (χ2v) is 7.14. The van der Waals surface area contributed by atoms with E-state index in [0.717, 1.165) is 42.7 Å². The van der Waals surface area contributed by atoms with E-state index in [1.54, 1.807) is 0 Å². The summed E-state index contributed by atoms with van der Waals surface area (Å²) < 4.78 is 0. The minimum absolute atomic E-state index is 0. The molecule has 3 N–H and O–H groups in total. The predicted molar refractivity (Wildman–Crippen MR) is 114 cm³/mol. The Hall–Kier alpha value is -2.37. The first-order chi connectivity index (χ1) is 13.0. The van der Waals surface area contributed by atoms with E-state index >= 15 is 0 Å². The standard InChI is InChI=1S/C22H26N2O3.ClH/c1-15-14-16(3-9-21(25)26)2-8-20(15)24-22(27)19-6-4-17(5-7-19)18-10-12-23-13-11-18;/h2,4-8,14,18,23H,3,9-13H2,1H3,(H,24,27)(H,25,26);1H. The Morgan fingerprint density at radius 1 is 1.11 bits per heavy atom. The number of aryl methyl sites for hydroxylation is 2. The molecule has 3 rings (SSSR count). The van der Waals surface area contributed by atoms with E-state index < -0.39 is 5.97 Å². The highest BCUT2D eigenvalue weighted by atomic mass is 35.5. The fourth-order valence-electron chi connectivity index (χ4n) is 3.53. The van der Waals surface area contributed by atoms with Crippen molar-refractivity contribution in [1.82, 2.24) is 5.32 Å². The Morgan fingerprint density at radius 3 is 2.39 bits per heavy atom. The zero-order valence-corrected chi connectivity index (χ0v) is 16.8. The van der Waals surface area contributed by atoms with Gasteiger partial charge in [0.2, 0.25) is 0 Å². The number of aliphatic carboxylic acids is 1. The molecule has 0 spiro atoms. The molecule has 0 radical (unpaired) electrons. The lowest BCUT2D eigenvalue weighted by molar-refractivity contribution is -0.136. The first-order valence-electron chi connectivity index (χ1n) is 9.46. The number of piperidine rings is 1. The van der Waals surface area contributed by atoms with Crippen molar-refractivity contribution in [3.05, 3.63) is 64.7 Å². The van der Waals surface area contributed by atoms with Gasteiger partial charge < -0.3 is 15.7 Å². The number of benzene rings is 2. The van der Waals surface area contributed by atoms with Crippen molar-refractivity contribution >= 4 is 30.0 Å². The molecule has 1 aliphatic rings. The Kier molecular flexibility index (Phi) is 8.03. The van der Waals surface area contributed by atoms with Crippen LogP contribution in [0.3, 0.4) is 0 Å². The van der Waals surface area contributed by atoms with E-state index in [1.165, 1.54) is 5.56 Å². The molecule has 6 heteroatoms. The van der Waals surface area contributed by atoms with Crippen molar-refractivity contribution < 1.29 is 14.7 Å². The van der Waals surface area contributed by atoms with Gasteiger partial charge in [-0.1, -0.05) is 24.3 Å². The summed E-state index contributed by atoms with van der Waals surface area (Å²) in [6.45, 7) is 4.02. The van der Waals surface area contributed by atoms with Crippen LogP contribution in [0.1, 0.15) is 52.2 Å². The van der Waals surface area contributed by atoms with Gasteiger partial charge in [0.15, 0.2) is 0 Å².